The molecular weight excluding hydrogens is 253 g/mol. The van der Waals surface area contributed by atoms with Gasteiger partial charge in [0.05, 0.1) is 0 Å². The zero-order valence-corrected chi connectivity index (χ0v) is 10.2. The molecular formula is C14H10ClFNO. The van der Waals surface area contributed by atoms with Crippen molar-refractivity contribution in [1.29, 1.82) is 0 Å². The molecule has 0 aliphatic heterocycles. The first-order chi connectivity index (χ1) is 8.75. The number of benzene rings is 2. The smallest absolute Gasteiger partial charge is 0.145 e. The van der Waals surface area contributed by atoms with Gasteiger partial charge < -0.3 is 4.84 Å². The maximum atomic E-state index is 13.2. The van der Waals surface area contributed by atoms with Crippen molar-refractivity contribution in [1.82, 2.24) is 0 Å². The highest BCUT2D eigenvalue weighted by atomic mass is 35.5. The molecule has 0 saturated carbocycles. The van der Waals surface area contributed by atoms with Crippen LogP contribution in [0, 0.1) is 5.82 Å². The SMILES string of the molecule is Fc1ccccc1CO/N=[C]\c1ccc(Cl)cc1. The second kappa shape index (κ2) is 6.17. The van der Waals surface area contributed by atoms with Gasteiger partial charge >= 0.3 is 0 Å². The van der Waals surface area contributed by atoms with Crippen molar-refractivity contribution in [3.63, 3.8) is 0 Å². The highest BCUT2D eigenvalue weighted by Gasteiger charge is 1.99. The highest BCUT2D eigenvalue weighted by Crippen LogP contribution is 2.09. The maximum Gasteiger partial charge on any atom is 0.145 e. The highest BCUT2D eigenvalue weighted by molar-refractivity contribution is 6.30. The molecule has 0 fully saturated rings. The zero-order chi connectivity index (χ0) is 12.8. The van der Waals surface area contributed by atoms with Gasteiger partial charge in [0.15, 0.2) is 0 Å². The third kappa shape index (κ3) is 3.57. The van der Waals surface area contributed by atoms with Crippen molar-refractivity contribution in [2.45, 2.75) is 6.61 Å². The molecule has 0 spiro atoms. The lowest BCUT2D eigenvalue weighted by Crippen LogP contribution is -1.91. The summed E-state index contributed by atoms with van der Waals surface area (Å²) in [7, 11) is 0. The van der Waals surface area contributed by atoms with Crippen LogP contribution in [-0.2, 0) is 11.4 Å². The predicted octanol–water partition coefficient (Wildman–Crippen LogP) is 3.91. The van der Waals surface area contributed by atoms with Crippen LogP contribution < -0.4 is 0 Å². The topological polar surface area (TPSA) is 21.6 Å². The van der Waals surface area contributed by atoms with Crippen molar-refractivity contribution in [3.8, 4) is 0 Å². The average Bonchev–Trinajstić information content (AvgIpc) is 2.39. The second-order valence-electron chi connectivity index (χ2n) is 3.57. The summed E-state index contributed by atoms with van der Waals surface area (Å²) < 4.78 is 13.2. The van der Waals surface area contributed by atoms with E-state index in [0.717, 1.165) is 5.56 Å². The summed E-state index contributed by atoms with van der Waals surface area (Å²) in [5, 5.41) is 4.29. The van der Waals surface area contributed by atoms with Gasteiger partial charge in [0.2, 0.25) is 0 Å². The van der Waals surface area contributed by atoms with E-state index in [1.165, 1.54) is 6.07 Å². The van der Waals surface area contributed by atoms with Gasteiger partial charge in [-0.15, -0.1) is 0 Å². The van der Waals surface area contributed by atoms with Crippen LogP contribution in [0.15, 0.2) is 53.7 Å². The molecule has 2 nitrogen and oxygen atoms in total. The second-order valence-corrected chi connectivity index (χ2v) is 4.01. The van der Waals surface area contributed by atoms with E-state index >= 15 is 0 Å². The molecule has 0 N–H and O–H groups in total. The lowest BCUT2D eigenvalue weighted by atomic mass is 10.2. The first-order valence-corrected chi connectivity index (χ1v) is 5.70. The van der Waals surface area contributed by atoms with Gasteiger partial charge in [0.1, 0.15) is 18.6 Å². The fourth-order valence-electron chi connectivity index (χ4n) is 1.33. The molecule has 2 aromatic carbocycles. The zero-order valence-electron chi connectivity index (χ0n) is 9.44. The van der Waals surface area contributed by atoms with Crippen molar-refractivity contribution in [2.75, 3.05) is 0 Å². The Kier molecular flexibility index (Phi) is 4.31. The Hall–Kier alpha value is -1.87. The van der Waals surface area contributed by atoms with Crippen molar-refractivity contribution < 1.29 is 9.23 Å². The number of hydrogen-bond acceptors (Lipinski definition) is 2. The first-order valence-electron chi connectivity index (χ1n) is 5.33. The third-order valence-corrected chi connectivity index (χ3v) is 2.51. The molecule has 0 bridgehead atoms. The van der Waals surface area contributed by atoms with Gasteiger partial charge in [-0.2, -0.15) is 0 Å². The van der Waals surface area contributed by atoms with Gasteiger partial charge in [-0.1, -0.05) is 47.1 Å². The van der Waals surface area contributed by atoms with Crippen molar-refractivity contribution in [2.24, 2.45) is 5.16 Å². The number of hydrogen-bond donors (Lipinski definition) is 0. The van der Waals surface area contributed by atoms with Crippen LogP contribution in [0.5, 0.6) is 0 Å². The Morgan fingerprint density at radius 1 is 1.11 bits per heavy atom. The van der Waals surface area contributed by atoms with E-state index < -0.39 is 0 Å². The van der Waals surface area contributed by atoms with Gasteiger partial charge in [-0.3, -0.25) is 0 Å². The first kappa shape index (κ1) is 12.6. The molecule has 0 atom stereocenters. The summed E-state index contributed by atoms with van der Waals surface area (Å²) in [6, 6.07) is 13.4. The lowest BCUT2D eigenvalue weighted by Gasteiger charge is -2.00. The van der Waals surface area contributed by atoms with Crippen LogP contribution in [0.3, 0.4) is 0 Å². The summed E-state index contributed by atoms with van der Waals surface area (Å²) in [5.74, 6) is -0.306. The molecule has 0 saturated heterocycles. The largest absolute Gasteiger partial charge is 0.390 e. The monoisotopic (exact) mass is 262 g/mol. The summed E-state index contributed by atoms with van der Waals surface area (Å²) in [4.78, 5) is 4.98. The van der Waals surface area contributed by atoms with E-state index in [2.05, 4.69) is 11.4 Å². The number of rotatable bonds is 4. The van der Waals surface area contributed by atoms with Crippen LogP contribution in [0.4, 0.5) is 4.39 Å². The minimum Gasteiger partial charge on any atom is -0.390 e. The van der Waals surface area contributed by atoms with E-state index in [9.17, 15) is 4.39 Å². The molecule has 18 heavy (non-hydrogen) atoms. The Labute approximate surface area is 110 Å². The van der Waals surface area contributed by atoms with Crippen molar-refractivity contribution in [3.05, 3.63) is 70.5 Å². The van der Waals surface area contributed by atoms with E-state index in [1.54, 1.807) is 42.5 Å². The quantitative estimate of drug-likeness (QED) is 0.605. The normalized spacial score (nSPS) is 10.8. The van der Waals surface area contributed by atoms with E-state index in [0.29, 0.717) is 10.6 Å². The fraction of sp³-hybridized carbons (Fsp3) is 0.0714. The molecule has 91 valence electrons. The Balaban J connectivity index is 1.89. The Bertz CT molecular complexity index is 540. The maximum absolute atomic E-state index is 13.2. The average molecular weight is 263 g/mol. The summed E-state index contributed by atoms with van der Waals surface area (Å²) in [6.07, 6.45) is 2.68. The molecule has 2 aromatic rings. The van der Waals surface area contributed by atoms with Crippen LogP contribution in [0.25, 0.3) is 0 Å². The van der Waals surface area contributed by atoms with Crippen LogP contribution in [0.1, 0.15) is 11.1 Å². The van der Waals surface area contributed by atoms with Crippen molar-refractivity contribution >= 4 is 17.8 Å². The van der Waals surface area contributed by atoms with Gasteiger partial charge in [0, 0.05) is 16.1 Å². The minimum absolute atomic E-state index is 0.0766. The molecule has 4 heteroatoms. The summed E-state index contributed by atoms with van der Waals surface area (Å²) >= 11 is 5.74. The molecule has 2 rings (SSSR count). The minimum atomic E-state index is -0.306. The molecule has 0 heterocycles. The van der Waals surface area contributed by atoms with E-state index in [-0.39, 0.29) is 12.4 Å². The van der Waals surface area contributed by atoms with Gasteiger partial charge in [-0.05, 0) is 18.2 Å². The number of nitrogens with zero attached hydrogens (tertiary/aromatic N) is 1. The third-order valence-electron chi connectivity index (χ3n) is 2.26. The van der Waals surface area contributed by atoms with Crippen LogP contribution in [-0.4, -0.2) is 6.21 Å². The summed E-state index contributed by atoms with van der Waals surface area (Å²) in [6.45, 7) is 0.0766. The molecule has 0 amide bonds. The fourth-order valence-corrected chi connectivity index (χ4v) is 1.45. The Morgan fingerprint density at radius 2 is 1.83 bits per heavy atom. The Morgan fingerprint density at radius 3 is 2.56 bits per heavy atom. The van der Waals surface area contributed by atoms with Crippen LogP contribution >= 0.6 is 11.6 Å². The van der Waals surface area contributed by atoms with Crippen LogP contribution in [0.2, 0.25) is 5.02 Å². The van der Waals surface area contributed by atoms with E-state index in [1.807, 2.05) is 0 Å². The standard InChI is InChI=1S/C14H10ClFNO/c15-13-7-5-11(6-8-13)9-17-18-10-12-3-1-2-4-14(12)16/h1-8H,10H2. The predicted molar refractivity (Wildman–Crippen MR) is 69.2 cm³/mol. The van der Waals surface area contributed by atoms with E-state index in [4.69, 9.17) is 16.4 Å². The molecule has 0 aliphatic rings. The summed E-state index contributed by atoms with van der Waals surface area (Å²) in [5.41, 5.74) is 1.20. The molecule has 0 unspecified atom stereocenters. The number of halogens is 2. The molecule has 0 aromatic heterocycles. The molecule has 0 aliphatic carbocycles. The van der Waals surface area contributed by atoms with Gasteiger partial charge in [0.25, 0.3) is 0 Å². The lowest BCUT2D eigenvalue weighted by molar-refractivity contribution is 0.129. The molecule has 1 radical (unpaired) electrons. The van der Waals surface area contributed by atoms with Gasteiger partial charge in [-0.25, -0.2) is 4.39 Å².